The summed E-state index contributed by atoms with van der Waals surface area (Å²) < 4.78 is 47.6. The van der Waals surface area contributed by atoms with Crippen molar-refractivity contribution < 1.29 is 31.4 Å². The third-order valence-corrected chi connectivity index (χ3v) is 15.4. The van der Waals surface area contributed by atoms with Crippen LogP contribution in [0.25, 0.3) is 55.4 Å². The quantitative estimate of drug-likeness (QED) is 0.118. The molecule has 0 amide bonds. The van der Waals surface area contributed by atoms with E-state index in [0.717, 1.165) is 43.3 Å². The SMILES string of the molecule is [2H]C([2H])([2H])c1c[c-]c(-c2cc(C([2H])([2H])C(C)(C)C)[c]([Ge]([CH3])([CH3])[CH3])cn2)cc1.[Ir].[c-]1ccc2c(oc3ccccc32)c1C1=Nc2ccccc2C1c1ccc(-c2ccccc2)cc1-c1ccccc1. The fraction of sp³-hybridized carbons (Fsp3) is 0.172. The summed E-state index contributed by atoms with van der Waals surface area (Å²) in [5.74, 6) is 6.63. The first-order chi connectivity index (χ1) is 31.9. The van der Waals surface area contributed by atoms with Crippen LogP contribution in [0.2, 0.25) is 17.3 Å². The van der Waals surface area contributed by atoms with Crippen LogP contribution in [0.3, 0.4) is 0 Å². The second-order valence-corrected chi connectivity index (χ2v) is 28.5. The molecule has 1 radical (unpaired) electrons. The first kappa shape index (κ1) is 37.9. The summed E-state index contributed by atoms with van der Waals surface area (Å²) in [4.78, 5) is 9.81. The van der Waals surface area contributed by atoms with Gasteiger partial charge in [0.1, 0.15) is 5.58 Å². The van der Waals surface area contributed by atoms with Crippen molar-refractivity contribution in [2.45, 2.75) is 57.2 Å². The fourth-order valence-corrected chi connectivity index (χ4v) is 11.3. The first-order valence-electron chi connectivity index (χ1n) is 23.7. The molecule has 315 valence electrons. The Kier molecular flexibility index (Phi) is 10.9. The molecule has 3 nitrogen and oxygen atoms in total. The maximum Gasteiger partial charge on any atom is 0.120 e. The number of para-hydroxylation sites is 2. The Hall–Kier alpha value is -5.65. The van der Waals surface area contributed by atoms with Crippen molar-refractivity contribution in [2.24, 2.45) is 10.4 Å². The minimum atomic E-state index is -2.36. The van der Waals surface area contributed by atoms with E-state index in [9.17, 15) is 0 Å². The Morgan fingerprint density at radius 3 is 2.14 bits per heavy atom. The van der Waals surface area contributed by atoms with E-state index < -0.39 is 31.9 Å². The maximum atomic E-state index is 8.80. The average Bonchev–Trinajstić information content (AvgIpc) is 3.90. The summed E-state index contributed by atoms with van der Waals surface area (Å²) in [6.45, 7) is 3.55. The van der Waals surface area contributed by atoms with Crippen LogP contribution in [0.5, 0.6) is 0 Å². The normalized spacial score (nSPS) is 15.1. The van der Waals surface area contributed by atoms with Gasteiger partial charge in [0, 0.05) is 31.4 Å². The summed E-state index contributed by atoms with van der Waals surface area (Å²) in [5, 5.41) is 2.20. The zero-order chi connectivity index (χ0) is 47.3. The Morgan fingerprint density at radius 2 is 1.43 bits per heavy atom. The molecule has 3 heterocycles. The zero-order valence-corrected chi connectivity index (χ0v) is 40.9. The van der Waals surface area contributed by atoms with E-state index in [1.54, 1.807) is 12.1 Å². The van der Waals surface area contributed by atoms with Crippen molar-refractivity contribution in [3.8, 4) is 33.5 Å². The van der Waals surface area contributed by atoms with E-state index in [2.05, 4.69) is 156 Å². The molecule has 0 saturated heterocycles. The number of pyridine rings is 1. The predicted octanol–water partition coefficient (Wildman–Crippen LogP) is 15.0. The summed E-state index contributed by atoms with van der Waals surface area (Å²) in [6.07, 6.45) is 0.303. The molecule has 0 fully saturated rings. The topological polar surface area (TPSA) is 38.4 Å². The summed E-state index contributed by atoms with van der Waals surface area (Å²) in [6, 6.07) is 61.9. The van der Waals surface area contributed by atoms with E-state index in [1.807, 2.05) is 51.2 Å². The van der Waals surface area contributed by atoms with Crippen molar-refractivity contribution >= 4 is 51.0 Å². The predicted molar refractivity (Wildman–Crippen MR) is 264 cm³/mol. The van der Waals surface area contributed by atoms with Crippen LogP contribution in [0.4, 0.5) is 5.69 Å². The van der Waals surface area contributed by atoms with Gasteiger partial charge in [-0.25, -0.2) is 0 Å². The number of fused-ring (bicyclic) bond motifs is 4. The van der Waals surface area contributed by atoms with E-state index >= 15 is 0 Å². The van der Waals surface area contributed by atoms with Gasteiger partial charge in [-0.2, -0.15) is 0 Å². The minimum absolute atomic E-state index is 0. The number of benzene rings is 7. The Balaban J connectivity index is 0.000000197. The number of furan rings is 1. The van der Waals surface area contributed by atoms with Gasteiger partial charge in [-0.1, -0.05) is 120 Å². The minimum Gasteiger partial charge on any atom is -0.501 e. The monoisotopic (exact) mass is 1060 g/mol. The van der Waals surface area contributed by atoms with Gasteiger partial charge in [0.25, 0.3) is 0 Å². The van der Waals surface area contributed by atoms with Crippen molar-refractivity contribution in [3.05, 3.63) is 210 Å². The maximum absolute atomic E-state index is 8.80. The molecule has 1 unspecified atom stereocenters. The van der Waals surface area contributed by atoms with Crippen LogP contribution in [0.1, 0.15) is 61.4 Å². The van der Waals surface area contributed by atoms with Crippen molar-refractivity contribution in [1.29, 1.82) is 0 Å². The number of rotatable bonds is 7. The molecular weight excluding hydrogens is 1010 g/mol. The molecule has 10 rings (SSSR count). The number of hydrogen-bond donors (Lipinski definition) is 0. The molecule has 7 aromatic carbocycles. The van der Waals surface area contributed by atoms with Crippen LogP contribution in [-0.4, -0.2) is 24.0 Å². The third kappa shape index (κ3) is 9.36. The number of nitrogens with zero attached hydrogens (tertiary/aromatic N) is 2. The smallest absolute Gasteiger partial charge is 0.120 e. The molecule has 5 heteroatoms. The second kappa shape index (κ2) is 18.2. The van der Waals surface area contributed by atoms with Crippen LogP contribution >= 0.6 is 0 Å². The molecule has 0 saturated carbocycles. The number of aryl methyl sites for hydroxylation is 1. The molecule has 63 heavy (non-hydrogen) atoms. The summed E-state index contributed by atoms with van der Waals surface area (Å²) in [5.41, 5.74) is 13.4. The molecule has 1 aliphatic heterocycles. The van der Waals surface area contributed by atoms with Crippen LogP contribution in [0.15, 0.2) is 179 Å². The van der Waals surface area contributed by atoms with Gasteiger partial charge in [-0.3, -0.25) is 4.99 Å². The van der Waals surface area contributed by atoms with E-state index in [1.165, 1.54) is 39.4 Å². The van der Waals surface area contributed by atoms with E-state index in [-0.39, 0.29) is 31.6 Å². The standard InChI is InChI=1S/C38H24NO.C20H28GeN.Ir/c1-3-12-25(13-4-1)27-22-23-29(33(24-27)26-14-5-2-6-15-26)36-31-17-7-9-20-34(31)39-37(36)32-19-11-18-30-28-16-8-10-21-35(28)40-38(30)32;1-15-8-10-16(11-9-15)19-12-17(13-20(2,3)4)18(14-22-19)21(5,6)7;/h1-18,20-24,36H;8-10,12,14H,13H2,1-7H3;/q2*-1;/i;1D3,13D2;. The van der Waals surface area contributed by atoms with Crippen molar-refractivity contribution in [2.75, 3.05) is 0 Å². The Bertz CT molecular complexity index is 3280. The average molecular weight is 1060 g/mol. The Morgan fingerprint density at radius 1 is 0.714 bits per heavy atom. The fourth-order valence-electron chi connectivity index (χ4n) is 8.35. The molecular formula is C58H52GeIrN2O-2. The second-order valence-electron chi connectivity index (χ2n) is 17.9. The van der Waals surface area contributed by atoms with Crippen molar-refractivity contribution in [1.82, 2.24) is 4.98 Å². The molecule has 0 spiro atoms. The van der Waals surface area contributed by atoms with Gasteiger partial charge in [-0.05, 0) is 57.3 Å². The van der Waals surface area contributed by atoms with Crippen LogP contribution in [-0.2, 0) is 26.5 Å². The van der Waals surface area contributed by atoms with Crippen LogP contribution < -0.4 is 4.40 Å². The van der Waals surface area contributed by atoms with E-state index in [4.69, 9.17) is 16.3 Å². The molecule has 1 atom stereocenters. The first-order valence-corrected chi connectivity index (χ1v) is 28.5. The number of aliphatic imine (C=N–C) groups is 1. The van der Waals surface area contributed by atoms with Gasteiger partial charge in [0.2, 0.25) is 0 Å². The van der Waals surface area contributed by atoms with Crippen molar-refractivity contribution in [3.63, 3.8) is 0 Å². The Labute approximate surface area is 396 Å². The number of hydrogen-bond acceptors (Lipinski definition) is 3. The molecule has 0 bridgehead atoms. The zero-order valence-electron chi connectivity index (χ0n) is 41.4. The van der Waals surface area contributed by atoms with Gasteiger partial charge < -0.3 is 4.42 Å². The molecule has 0 N–H and O–H groups in total. The summed E-state index contributed by atoms with van der Waals surface area (Å²) in [7, 11) is 0. The van der Waals surface area contributed by atoms with Crippen LogP contribution in [0, 0.1) is 24.4 Å². The van der Waals surface area contributed by atoms with Gasteiger partial charge in [0.05, 0.1) is 11.3 Å². The van der Waals surface area contributed by atoms with E-state index in [0.29, 0.717) is 16.8 Å². The molecule has 1 aliphatic rings. The molecule has 9 aromatic rings. The largest absolute Gasteiger partial charge is 0.501 e. The van der Waals surface area contributed by atoms with Gasteiger partial charge >= 0.3 is 145 Å². The molecule has 0 aliphatic carbocycles. The summed E-state index contributed by atoms with van der Waals surface area (Å²) >= 11 is -2.36. The molecule has 2 aromatic heterocycles. The third-order valence-electron chi connectivity index (χ3n) is 11.2. The number of aromatic nitrogens is 1. The van der Waals surface area contributed by atoms with Gasteiger partial charge in [-0.15, -0.1) is 18.2 Å². The van der Waals surface area contributed by atoms with Gasteiger partial charge in [0.15, 0.2) is 0 Å².